The number of benzene rings is 4. The highest BCUT2D eigenvalue weighted by molar-refractivity contribution is 6.05. The first-order valence-corrected chi connectivity index (χ1v) is 29.8. The molecule has 8 aromatic rings. The number of carbonyl (C=O) groups is 2. The zero-order valence-electron chi connectivity index (χ0n) is 45.9. The number of aliphatic hydroxyl groups is 1. The Morgan fingerprint density at radius 3 is 1.56 bits per heavy atom. The van der Waals surface area contributed by atoms with Crippen LogP contribution in [0, 0.1) is 11.8 Å². The van der Waals surface area contributed by atoms with Gasteiger partial charge in [0.1, 0.15) is 0 Å². The van der Waals surface area contributed by atoms with Gasteiger partial charge in [0.25, 0.3) is 0 Å². The molecule has 6 aliphatic rings. The van der Waals surface area contributed by atoms with Gasteiger partial charge in [-0.2, -0.15) is 0 Å². The Bertz CT molecular complexity index is 3570. The van der Waals surface area contributed by atoms with Gasteiger partial charge in [0, 0.05) is 89.4 Å². The van der Waals surface area contributed by atoms with Crippen LogP contribution in [0.4, 0.5) is 0 Å². The molecule has 78 heavy (non-hydrogen) atoms. The van der Waals surface area contributed by atoms with Crippen LogP contribution in [0.5, 0.6) is 0 Å². The molecule has 8 heterocycles. The minimum absolute atomic E-state index is 0.368. The molecule has 4 aliphatic heterocycles. The molecule has 11 nitrogen and oxygen atoms in total. The Balaban J connectivity index is 0.000000152. The number of aromatic nitrogens is 4. The number of hydrogen-bond acceptors (Lipinski definition) is 5. The van der Waals surface area contributed by atoms with E-state index in [0.29, 0.717) is 23.0 Å². The average Bonchev–Trinajstić information content (AvgIpc) is 4.38. The quantitative estimate of drug-likeness (QED) is 0.123. The molecule has 0 atom stereocenters. The van der Waals surface area contributed by atoms with Gasteiger partial charge in [-0.1, -0.05) is 98.9 Å². The molecule has 2 saturated heterocycles. The number of aromatic carboxylic acids is 2. The maximum absolute atomic E-state index is 11.9. The topological polar surface area (TPSA) is 121 Å². The Labute approximate surface area is 459 Å². The number of nitrogens with zero attached hydrogens (tertiary/aromatic N) is 6. The van der Waals surface area contributed by atoms with E-state index in [0.717, 1.165) is 75.7 Å². The number of likely N-dealkylation sites (tertiary alicyclic amines) is 2. The average molecular weight is 1050 g/mol. The second-order valence-electron chi connectivity index (χ2n) is 23.2. The Kier molecular flexibility index (Phi) is 15.4. The number of fused-ring (bicyclic) bond motifs is 8. The number of aryl methyl sites for hydroxylation is 5. The summed E-state index contributed by atoms with van der Waals surface area (Å²) in [6.07, 6.45) is 27.0. The first kappa shape index (κ1) is 52.1. The van der Waals surface area contributed by atoms with Crippen LogP contribution in [0.25, 0.3) is 66.1 Å². The third-order valence-electron chi connectivity index (χ3n) is 18.5. The summed E-state index contributed by atoms with van der Waals surface area (Å²) in [4.78, 5) is 28.9. The van der Waals surface area contributed by atoms with E-state index in [1.165, 1.54) is 201 Å². The van der Waals surface area contributed by atoms with Crippen LogP contribution >= 0.6 is 0 Å². The van der Waals surface area contributed by atoms with Crippen molar-refractivity contribution in [2.24, 2.45) is 0 Å². The maximum Gasteiger partial charge on any atom is 0.335 e. The van der Waals surface area contributed by atoms with E-state index in [2.05, 4.69) is 101 Å². The SMILES string of the molecule is CO.O=C(O)c1ccc2c(C3CCCCC3)c3n(c2c1)CCCn1cc(C#CCN2CCCC2)c2cccc-3c21.O=C(O)c1ccc2c(C3CCCCC3)c3n(c2c1)CCCn1cc(CCCN2CCCC2)c2cccc-3c21. The van der Waals surface area contributed by atoms with Crippen LogP contribution in [0.1, 0.15) is 164 Å². The van der Waals surface area contributed by atoms with Crippen molar-refractivity contribution in [3.05, 3.63) is 119 Å². The van der Waals surface area contributed by atoms with Crippen molar-refractivity contribution < 1.29 is 24.9 Å². The Morgan fingerprint density at radius 1 is 0.526 bits per heavy atom. The minimum Gasteiger partial charge on any atom is -0.478 e. The van der Waals surface area contributed by atoms with E-state index in [9.17, 15) is 19.8 Å². The van der Waals surface area contributed by atoms with Crippen LogP contribution < -0.4 is 0 Å². The molecule has 0 unspecified atom stereocenters. The summed E-state index contributed by atoms with van der Waals surface area (Å²) in [5.41, 5.74) is 16.3. The van der Waals surface area contributed by atoms with Gasteiger partial charge in [-0.05, 0) is 163 Å². The lowest BCUT2D eigenvalue weighted by molar-refractivity contribution is 0.0686. The second-order valence-corrected chi connectivity index (χ2v) is 23.2. The molecule has 4 aromatic heterocycles. The molecule has 3 N–H and O–H groups in total. The lowest BCUT2D eigenvalue weighted by Gasteiger charge is -2.25. The third-order valence-corrected chi connectivity index (χ3v) is 18.5. The smallest absolute Gasteiger partial charge is 0.335 e. The standard InChI is InChI=1S/C33H39N3O2.C33H35N3O2.CH4O/c2*37-33(38)24-14-15-27-29(21-24)36-20-8-19-35-22-25(11-7-18-34-16-4-5-17-34)26-12-6-13-28(31(26)35)32(36)30(27)23-9-2-1-3-10-23;1-2/h6,12-15,21-23H,1-5,7-11,16-20H2,(H,37,38);6,12-15,21-23H,1-5,8-10,16-20H2,(H,37,38);2H,1H3. The summed E-state index contributed by atoms with van der Waals surface area (Å²) in [6, 6.07) is 25.2. The Hall–Kier alpha value is -6.58. The second kappa shape index (κ2) is 23.0. The lowest BCUT2D eigenvalue weighted by atomic mass is 9.81. The van der Waals surface area contributed by atoms with Gasteiger partial charge in [0.15, 0.2) is 0 Å². The van der Waals surface area contributed by atoms with E-state index >= 15 is 0 Å². The number of aliphatic hydroxyl groups excluding tert-OH is 1. The number of rotatable bonds is 9. The maximum atomic E-state index is 11.9. The summed E-state index contributed by atoms with van der Waals surface area (Å²) >= 11 is 0. The Morgan fingerprint density at radius 2 is 1.03 bits per heavy atom. The van der Waals surface area contributed by atoms with Gasteiger partial charge >= 0.3 is 11.9 Å². The third kappa shape index (κ3) is 9.87. The molecule has 4 fully saturated rings. The first-order valence-electron chi connectivity index (χ1n) is 29.8. The van der Waals surface area contributed by atoms with Crippen LogP contribution in [-0.2, 0) is 32.6 Å². The highest BCUT2D eigenvalue weighted by Gasteiger charge is 2.32. The zero-order chi connectivity index (χ0) is 53.3. The molecule has 11 heteroatoms. The van der Waals surface area contributed by atoms with E-state index in [1.807, 2.05) is 18.2 Å². The van der Waals surface area contributed by atoms with Gasteiger partial charge in [0.05, 0.1) is 45.7 Å². The van der Waals surface area contributed by atoms with Crippen molar-refractivity contribution in [3.8, 4) is 34.4 Å². The number of carboxylic acids is 2. The van der Waals surface area contributed by atoms with E-state index in [-0.39, 0.29) is 0 Å². The van der Waals surface area contributed by atoms with Crippen molar-refractivity contribution in [3.63, 3.8) is 0 Å². The number of para-hydroxylation sites is 2. The fraction of sp³-hybridized carbons (Fsp3) is 0.463. The molecule has 0 bridgehead atoms. The summed E-state index contributed by atoms with van der Waals surface area (Å²) < 4.78 is 9.88. The van der Waals surface area contributed by atoms with Gasteiger partial charge in [-0.15, -0.1) is 0 Å². The van der Waals surface area contributed by atoms with Gasteiger partial charge in [-0.25, -0.2) is 9.59 Å². The van der Waals surface area contributed by atoms with Crippen molar-refractivity contribution in [2.45, 2.75) is 154 Å². The lowest BCUT2D eigenvalue weighted by Crippen LogP contribution is -2.20. The van der Waals surface area contributed by atoms with E-state index < -0.39 is 11.9 Å². The van der Waals surface area contributed by atoms with Crippen molar-refractivity contribution >= 4 is 55.6 Å². The van der Waals surface area contributed by atoms with Crippen molar-refractivity contribution in [1.29, 1.82) is 0 Å². The summed E-state index contributed by atoms with van der Waals surface area (Å²) in [5.74, 6) is 6.34. The summed E-state index contributed by atoms with van der Waals surface area (Å²) in [5, 5.41) is 31.7. The monoisotopic (exact) mass is 1050 g/mol. The van der Waals surface area contributed by atoms with Gasteiger partial charge in [0.2, 0.25) is 0 Å². The van der Waals surface area contributed by atoms with Crippen LogP contribution in [0.15, 0.2) is 85.2 Å². The molecule has 406 valence electrons. The predicted octanol–water partition coefficient (Wildman–Crippen LogP) is 13.9. The molecule has 4 aromatic carbocycles. The van der Waals surface area contributed by atoms with Gasteiger partial charge in [-0.3, -0.25) is 4.90 Å². The van der Waals surface area contributed by atoms with E-state index in [4.69, 9.17) is 5.11 Å². The number of hydrogen-bond donors (Lipinski definition) is 3. The highest BCUT2D eigenvalue weighted by atomic mass is 16.4. The summed E-state index contributed by atoms with van der Waals surface area (Å²) in [7, 11) is 1.00. The van der Waals surface area contributed by atoms with Gasteiger partial charge < -0.3 is 38.5 Å². The largest absolute Gasteiger partial charge is 0.478 e. The minimum atomic E-state index is -0.861. The molecule has 0 amide bonds. The number of carboxylic acid groups (broad SMARTS) is 2. The van der Waals surface area contributed by atoms with E-state index in [1.54, 1.807) is 6.07 Å². The molecular formula is C67H78N6O5. The molecule has 2 saturated carbocycles. The van der Waals surface area contributed by atoms with Crippen LogP contribution in [0.2, 0.25) is 0 Å². The summed E-state index contributed by atoms with van der Waals surface area (Å²) in [6.45, 7) is 10.6. The molecule has 14 rings (SSSR count). The molecular weight excluding hydrogens is 969 g/mol. The molecule has 0 radical (unpaired) electrons. The molecule has 0 spiro atoms. The van der Waals surface area contributed by atoms with Crippen LogP contribution in [-0.4, -0.2) is 102 Å². The first-order chi connectivity index (χ1) is 38.4. The van der Waals surface area contributed by atoms with Crippen LogP contribution in [0.3, 0.4) is 0 Å². The zero-order valence-corrected chi connectivity index (χ0v) is 45.9. The van der Waals surface area contributed by atoms with Crippen molar-refractivity contribution in [1.82, 2.24) is 28.1 Å². The molecule has 2 aliphatic carbocycles. The highest BCUT2D eigenvalue weighted by Crippen LogP contribution is 2.49. The normalized spacial score (nSPS) is 18.0. The predicted molar refractivity (Wildman–Crippen MR) is 315 cm³/mol. The fourth-order valence-corrected chi connectivity index (χ4v) is 15.0. The fourth-order valence-electron chi connectivity index (χ4n) is 15.0. The van der Waals surface area contributed by atoms with Crippen molar-refractivity contribution in [2.75, 3.05) is 46.4 Å².